The molecule has 0 radical (unpaired) electrons. The van der Waals surface area contributed by atoms with Gasteiger partial charge in [0, 0.05) is 0 Å². The predicted octanol–water partition coefficient (Wildman–Crippen LogP) is 1.88. The van der Waals surface area contributed by atoms with Crippen LogP contribution in [-0.2, 0) is 0 Å². The zero-order valence-corrected chi connectivity index (χ0v) is 7.09. The summed E-state index contributed by atoms with van der Waals surface area (Å²) in [4.78, 5) is 0. The number of aromatic amines is 1. The Bertz CT molecular complexity index is 406. The molecular weight excluding hydrogens is 152 g/mol. The minimum atomic E-state index is 0.904. The van der Waals surface area contributed by atoms with Crippen molar-refractivity contribution >= 4 is 10.9 Å². The van der Waals surface area contributed by atoms with Gasteiger partial charge in [-0.1, -0.05) is 6.07 Å². The highest BCUT2D eigenvalue weighted by atomic mass is 16.5. The van der Waals surface area contributed by atoms with Gasteiger partial charge in [0.25, 0.3) is 0 Å². The van der Waals surface area contributed by atoms with Gasteiger partial charge in [-0.05, 0) is 18.6 Å². The summed E-state index contributed by atoms with van der Waals surface area (Å²) in [5.41, 5.74) is 2.14. The van der Waals surface area contributed by atoms with Gasteiger partial charge in [0.15, 0.2) is 0 Å². The molecule has 1 N–H and O–H groups in total. The van der Waals surface area contributed by atoms with Crippen molar-refractivity contribution in [3.8, 4) is 5.75 Å². The van der Waals surface area contributed by atoms with Gasteiger partial charge >= 0.3 is 0 Å². The monoisotopic (exact) mass is 162 g/mol. The molecule has 0 spiro atoms. The van der Waals surface area contributed by atoms with Gasteiger partial charge in [-0.15, -0.1) is 0 Å². The molecule has 0 atom stereocenters. The molecule has 0 fully saturated rings. The van der Waals surface area contributed by atoms with E-state index in [1.807, 2.05) is 19.1 Å². The van der Waals surface area contributed by atoms with E-state index in [9.17, 15) is 0 Å². The molecule has 0 unspecified atom stereocenters. The third-order valence-corrected chi connectivity index (χ3v) is 1.98. The maximum atomic E-state index is 5.26. The second kappa shape index (κ2) is 2.52. The molecule has 3 nitrogen and oxygen atoms in total. The van der Waals surface area contributed by atoms with Crippen LogP contribution in [0.15, 0.2) is 18.3 Å². The van der Waals surface area contributed by atoms with Crippen LogP contribution in [0.2, 0.25) is 0 Å². The lowest BCUT2D eigenvalue weighted by Gasteiger charge is -2.04. The van der Waals surface area contributed by atoms with Crippen molar-refractivity contribution in [2.45, 2.75) is 6.92 Å². The second-order valence-electron chi connectivity index (χ2n) is 2.75. The molecular formula is C9H10N2O. The van der Waals surface area contributed by atoms with Crippen molar-refractivity contribution in [1.82, 2.24) is 10.2 Å². The van der Waals surface area contributed by atoms with Crippen LogP contribution in [0.5, 0.6) is 5.75 Å². The van der Waals surface area contributed by atoms with Crippen molar-refractivity contribution < 1.29 is 4.74 Å². The number of ether oxygens (including phenoxy) is 1. The van der Waals surface area contributed by atoms with E-state index in [1.54, 1.807) is 13.3 Å². The van der Waals surface area contributed by atoms with E-state index in [1.165, 1.54) is 0 Å². The summed E-state index contributed by atoms with van der Waals surface area (Å²) in [6.07, 6.45) is 1.78. The number of nitrogens with zero attached hydrogens (tertiary/aromatic N) is 1. The number of aromatic nitrogens is 2. The van der Waals surface area contributed by atoms with Crippen LogP contribution in [0.25, 0.3) is 10.9 Å². The summed E-state index contributed by atoms with van der Waals surface area (Å²) in [5.74, 6) is 0.904. The van der Waals surface area contributed by atoms with Gasteiger partial charge in [-0.2, -0.15) is 5.10 Å². The minimum Gasteiger partial charge on any atom is -0.496 e. The SMILES string of the molecule is COc1c(C)ccc2[nH]ncc12. The molecule has 0 aliphatic rings. The van der Waals surface area contributed by atoms with E-state index >= 15 is 0 Å². The van der Waals surface area contributed by atoms with E-state index in [-0.39, 0.29) is 0 Å². The van der Waals surface area contributed by atoms with E-state index in [0.717, 1.165) is 22.2 Å². The molecule has 0 saturated heterocycles. The first-order chi connectivity index (χ1) is 5.83. The molecule has 0 bridgehead atoms. The summed E-state index contributed by atoms with van der Waals surface area (Å²) in [6.45, 7) is 2.02. The number of nitrogens with one attached hydrogen (secondary N) is 1. The standard InChI is InChI=1S/C9H10N2O/c1-6-3-4-8-7(5-10-11-8)9(6)12-2/h3-5H,1-2H3,(H,10,11). The van der Waals surface area contributed by atoms with Crippen LogP contribution in [0.3, 0.4) is 0 Å². The molecule has 0 saturated carbocycles. The molecule has 2 aromatic rings. The fourth-order valence-corrected chi connectivity index (χ4v) is 1.37. The van der Waals surface area contributed by atoms with Crippen molar-refractivity contribution in [3.05, 3.63) is 23.9 Å². The van der Waals surface area contributed by atoms with Crippen molar-refractivity contribution in [2.24, 2.45) is 0 Å². The molecule has 0 aliphatic carbocycles. The molecule has 0 aliphatic heterocycles. The number of aryl methyl sites for hydroxylation is 1. The van der Waals surface area contributed by atoms with E-state index < -0.39 is 0 Å². The molecule has 1 heterocycles. The smallest absolute Gasteiger partial charge is 0.132 e. The van der Waals surface area contributed by atoms with Crippen LogP contribution >= 0.6 is 0 Å². The van der Waals surface area contributed by atoms with Gasteiger partial charge in [0.2, 0.25) is 0 Å². The lowest BCUT2D eigenvalue weighted by molar-refractivity contribution is 0.417. The van der Waals surface area contributed by atoms with Crippen LogP contribution < -0.4 is 4.74 Å². The van der Waals surface area contributed by atoms with Crippen molar-refractivity contribution in [1.29, 1.82) is 0 Å². The first-order valence-corrected chi connectivity index (χ1v) is 3.79. The molecule has 1 aromatic carbocycles. The van der Waals surface area contributed by atoms with E-state index in [0.29, 0.717) is 0 Å². The third kappa shape index (κ3) is 0.863. The molecule has 0 amide bonds. The Hall–Kier alpha value is -1.51. The zero-order chi connectivity index (χ0) is 8.55. The third-order valence-electron chi connectivity index (χ3n) is 1.98. The first-order valence-electron chi connectivity index (χ1n) is 3.79. The lowest BCUT2D eigenvalue weighted by Crippen LogP contribution is -1.86. The average molecular weight is 162 g/mol. The Morgan fingerprint density at radius 3 is 3.00 bits per heavy atom. The van der Waals surface area contributed by atoms with E-state index in [2.05, 4.69) is 10.2 Å². The van der Waals surface area contributed by atoms with Gasteiger partial charge < -0.3 is 4.74 Å². The largest absolute Gasteiger partial charge is 0.496 e. The molecule has 1 aromatic heterocycles. The van der Waals surface area contributed by atoms with Crippen LogP contribution in [0, 0.1) is 6.92 Å². The maximum absolute atomic E-state index is 5.26. The van der Waals surface area contributed by atoms with E-state index in [4.69, 9.17) is 4.74 Å². The maximum Gasteiger partial charge on any atom is 0.132 e. The fourth-order valence-electron chi connectivity index (χ4n) is 1.37. The number of hydrogen-bond acceptors (Lipinski definition) is 2. The number of rotatable bonds is 1. The normalized spacial score (nSPS) is 10.5. The van der Waals surface area contributed by atoms with Crippen LogP contribution in [-0.4, -0.2) is 17.3 Å². The van der Waals surface area contributed by atoms with Gasteiger partial charge in [0.05, 0.1) is 24.2 Å². The number of benzene rings is 1. The summed E-state index contributed by atoms with van der Waals surface area (Å²) in [5, 5.41) is 7.88. The highest BCUT2D eigenvalue weighted by Crippen LogP contribution is 2.27. The summed E-state index contributed by atoms with van der Waals surface area (Å²) >= 11 is 0. The summed E-state index contributed by atoms with van der Waals surface area (Å²) in [6, 6.07) is 4.01. The minimum absolute atomic E-state index is 0.904. The topological polar surface area (TPSA) is 37.9 Å². The second-order valence-corrected chi connectivity index (χ2v) is 2.75. The Morgan fingerprint density at radius 1 is 1.42 bits per heavy atom. The Balaban J connectivity index is 2.83. The molecule has 12 heavy (non-hydrogen) atoms. The molecule has 62 valence electrons. The van der Waals surface area contributed by atoms with Crippen molar-refractivity contribution in [2.75, 3.05) is 7.11 Å². The number of H-pyrrole nitrogens is 1. The number of hydrogen-bond donors (Lipinski definition) is 1. The Kier molecular flexibility index (Phi) is 1.50. The molecule has 3 heteroatoms. The quantitative estimate of drug-likeness (QED) is 0.695. The molecule has 2 rings (SSSR count). The summed E-state index contributed by atoms with van der Waals surface area (Å²) in [7, 11) is 1.68. The Labute approximate surface area is 70.4 Å². The number of fused-ring (bicyclic) bond motifs is 1. The predicted molar refractivity (Wildman–Crippen MR) is 47.4 cm³/mol. The number of methoxy groups -OCH3 is 1. The van der Waals surface area contributed by atoms with Crippen molar-refractivity contribution in [3.63, 3.8) is 0 Å². The highest BCUT2D eigenvalue weighted by Gasteiger charge is 2.04. The first kappa shape index (κ1) is 7.16. The van der Waals surface area contributed by atoms with Crippen LogP contribution in [0.4, 0.5) is 0 Å². The summed E-state index contributed by atoms with van der Waals surface area (Å²) < 4.78 is 5.26. The Morgan fingerprint density at radius 2 is 2.25 bits per heavy atom. The highest BCUT2D eigenvalue weighted by molar-refractivity contribution is 5.85. The lowest BCUT2D eigenvalue weighted by atomic mass is 10.1. The average Bonchev–Trinajstić information content (AvgIpc) is 2.52. The van der Waals surface area contributed by atoms with Gasteiger partial charge in [-0.25, -0.2) is 0 Å². The zero-order valence-electron chi connectivity index (χ0n) is 7.09. The van der Waals surface area contributed by atoms with Gasteiger partial charge in [-0.3, -0.25) is 5.10 Å². The van der Waals surface area contributed by atoms with Gasteiger partial charge in [0.1, 0.15) is 5.75 Å². The fraction of sp³-hybridized carbons (Fsp3) is 0.222. The van der Waals surface area contributed by atoms with Crippen LogP contribution in [0.1, 0.15) is 5.56 Å².